The monoisotopic (exact) mass is 226 g/mol. The number of aryl methyl sites for hydroxylation is 1. The maximum Gasteiger partial charge on any atom is 0.126 e. The third kappa shape index (κ3) is 3.93. The van der Waals surface area contributed by atoms with Crippen LogP contribution >= 0.6 is 0 Å². The number of rotatable bonds is 3. The first-order valence-electron chi connectivity index (χ1n) is 5.84. The molecule has 0 atom stereocenters. The van der Waals surface area contributed by atoms with Crippen molar-refractivity contribution >= 4 is 0 Å². The zero-order valence-electron chi connectivity index (χ0n) is 11.2. The minimum atomic E-state index is -0.114. The van der Waals surface area contributed by atoms with Gasteiger partial charge in [0.05, 0.1) is 6.61 Å². The standard InChI is InChI=1S/C12H17FO.C2H6/c1-8(2)11-6-10(7-14-4)9(3)5-12(11)13;1-2/h5-6,8H,7H2,1-4H3;1-2H3. The van der Waals surface area contributed by atoms with Crippen LogP contribution in [0.25, 0.3) is 0 Å². The van der Waals surface area contributed by atoms with Crippen molar-refractivity contribution in [3.63, 3.8) is 0 Å². The molecule has 0 aliphatic rings. The molecule has 0 heterocycles. The van der Waals surface area contributed by atoms with E-state index in [1.165, 1.54) is 0 Å². The minimum Gasteiger partial charge on any atom is -0.380 e. The summed E-state index contributed by atoms with van der Waals surface area (Å²) in [6, 6.07) is 3.49. The van der Waals surface area contributed by atoms with Gasteiger partial charge >= 0.3 is 0 Å². The minimum absolute atomic E-state index is 0.114. The maximum atomic E-state index is 13.5. The predicted octanol–water partition coefficient (Wildman–Crippen LogP) is 4.43. The van der Waals surface area contributed by atoms with Crippen LogP contribution in [0.5, 0.6) is 0 Å². The highest BCUT2D eigenvalue weighted by Gasteiger charge is 2.09. The fourth-order valence-electron chi connectivity index (χ4n) is 1.49. The van der Waals surface area contributed by atoms with Gasteiger partial charge in [0.1, 0.15) is 5.82 Å². The van der Waals surface area contributed by atoms with Gasteiger partial charge in [0.2, 0.25) is 0 Å². The van der Waals surface area contributed by atoms with Crippen LogP contribution in [0, 0.1) is 12.7 Å². The second-order valence-corrected chi connectivity index (χ2v) is 3.89. The van der Waals surface area contributed by atoms with Gasteiger partial charge in [0, 0.05) is 7.11 Å². The van der Waals surface area contributed by atoms with E-state index in [4.69, 9.17) is 4.74 Å². The molecule has 1 aromatic rings. The summed E-state index contributed by atoms with van der Waals surface area (Å²) in [6.07, 6.45) is 0. The van der Waals surface area contributed by atoms with Gasteiger partial charge in [-0.05, 0) is 35.6 Å². The van der Waals surface area contributed by atoms with Crippen molar-refractivity contribution in [2.45, 2.75) is 47.1 Å². The number of ether oxygens (including phenoxy) is 1. The Labute approximate surface area is 98.6 Å². The van der Waals surface area contributed by atoms with Crippen LogP contribution < -0.4 is 0 Å². The highest BCUT2D eigenvalue weighted by molar-refractivity contribution is 5.33. The van der Waals surface area contributed by atoms with Crippen LogP contribution in [0.2, 0.25) is 0 Å². The SMILES string of the molecule is CC.COCc1cc(C(C)C)c(F)cc1C. The Hall–Kier alpha value is -0.890. The molecule has 0 bridgehead atoms. The fraction of sp³-hybridized carbons (Fsp3) is 0.571. The van der Waals surface area contributed by atoms with Gasteiger partial charge in [0.15, 0.2) is 0 Å². The molecule has 0 aromatic heterocycles. The quantitative estimate of drug-likeness (QED) is 0.740. The average molecular weight is 226 g/mol. The highest BCUT2D eigenvalue weighted by Crippen LogP contribution is 2.22. The summed E-state index contributed by atoms with van der Waals surface area (Å²) < 4.78 is 18.5. The lowest BCUT2D eigenvalue weighted by Crippen LogP contribution is -1.99. The molecular formula is C14H23FO. The molecule has 92 valence electrons. The van der Waals surface area contributed by atoms with Crippen molar-refractivity contribution in [1.29, 1.82) is 0 Å². The molecular weight excluding hydrogens is 203 g/mol. The molecule has 0 aliphatic heterocycles. The van der Waals surface area contributed by atoms with Gasteiger partial charge in [-0.15, -0.1) is 0 Å². The van der Waals surface area contributed by atoms with Crippen molar-refractivity contribution in [2.24, 2.45) is 0 Å². The Balaban J connectivity index is 0.00000106. The van der Waals surface area contributed by atoms with Crippen LogP contribution in [-0.4, -0.2) is 7.11 Å². The molecule has 0 radical (unpaired) electrons. The van der Waals surface area contributed by atoms with Crippen LogP contribution in [0.1, 0.15) is 50.3 Å². The van der Waals surface area contributed by atoms with Gasteiger partial charge in [-0.2, -0.15) is 0 Å². The Kier molecular flexibility index (Phi) is 6.98. The molecule has 0 saturated carbocycles. The number of hydrogen-bond donors (Lipinski definition) is 0. The van der Waals surface area contributed by atoms with Crippen LogP contribution in [0.4, 0.5) is 4.39 Å². The van der Waals surface area contributed by atoms with E-state index >= 15 is 0 Å². The summed E-state index contributed by atoms with van der Waals surface area (Å²) in [5.74, 6) is 0.101. The fourth-order valence-corrected chi connectivity index (χ4v) is 1.49. The van der Waals surface area contributed by atoms with Crippen molar-refractivity contribution in [3.8, 4) is 0 Å². The molecule has 0 N–H and O–H groups in total. The van der Waals surface area contributed by atoms with E-state index < -0.39 is 0 Å². The van der Waals surface area contributed by atoms with E-state index in [-0.39, 0.29) is 11.7 Å². The van der Waals surface area contributed by atoms with E-state index in [1.807, 2.05) is 40.7 Å². The zero-order valence-corrected chi connectivity index (χ0v) is 11.2. The van der Waals surface area contributed by atoms with E-state index in [2.05, 4.69) is 0 Å². The molecule has 2 heteroatoms. The predicted molar refractivity (Wildman–Crippen MR) is 67.3 cm³/mol. The summed E-state index contributed by atoms with van der Waals surface area (Å²) in [5.41, 5.74) is 2.79. The van der Waals surface area contributed by atoms with Crippen LogP contribution in [0.3, 0.4) is 0 Å². The van der Waals surface area contributed by atoms with Gasteiger partial charge in [-0.3, -0.25) is 0 Å². The summed E-state index contributed by atoms with van der Waals surface area (Å²) in [6.45, 7) is 10.4. The third-order valence-corrected chi connectivity index (χ3v) is 2.38. The first-order valence-corrected chi connectivity index (χ1v) is 5.84. The largest absolute Gasteiger partial charge is 0.380 e. The zero-order chi connectivity index (χ0) is 12.7. The lowest BCUT2D eigenvalue weighted by Gasteiger charge is -2.12. The Morgan fingerprint density at radius 2 is 1.81 bits per heavy atom. The molecule has 1 nitrogen and oxygen atoms in total. The maximum absolute atomic E-state index is 13.5. The van der Waals surface area contributed by atoms with Gasteiger partial charge in [-0.25, -0.2) is 4.39 Å². The summed E-state index contributed by atoms with van der Waals surface area (Å²) in [7, 11) is 1.65. The van der Waals surface area contributed by atoms with Gasteiger partial charge in [-0.1, -0.05) is 33.8 Å². The highest BCUT2D eigenvalue weighted by atomic mass is 19.1. The molecule has 1 aromatic carbocycles. The number of benzene rings is 1. The first-order chi connectivity index (χ1) is 7.56. The Bertz CT molecular complexity index is 319. The van der Waals surface area contributed by atoms with Crippen molar-refractivity contribution < 1.29 is 9.13 Å². The second kappa shape index (κ2) is 7.39. The summed E-state index contributed by atoms with van der Waals surface area (Å²) >= 11 is 0. The molecule has 0 spiro atoms. The van der Waals surface area contributed by atoms with Crippen molar-refractivity contribution in [2.75, 3.05) is 7.11 Å². The topological polar surface area (TPSA) is 9.23 Å². The summed E-state index contributed by atoms with van der Waals surface area (Å²) in [4.78, 5) is 0. The van der Waals surface area contributed by atoms with E-state index in [9.17, 15) is 4.39 Å². The normalized spacial score (nSPS) is 10.0. The van der Waals surface area contributed by atoms with Crippen LogP contribution in [-0.2, 0) is 11.3 Å². The van der Waals surface area contributed by atoms with Crippen molar-refractivity contribution in [3.05, 3.63) is 34.6 Å². The average Bonchev–Trinajstić information content (AvgIpc) is 2.24. The van der Waals surface area contributed by atoms with E-state index in [0.29, 0.717) is 6.61 Å². The lowest BCUT2D eigenvalue weighted by atomic mass is 9.97. The van der Waals surface area contributed by atoms with Gasteiger partial charge < -0.3 is 4.74 Å². The van der Waals surface area contributed by atoms with E-state index in [0.717, 1.165) is 16.7 Å². The summed E-state index contributed by atoms with van der Waals surface area (Å²) in [5, 5.41) is 0. The molecule has 1 rings (SSSR count). The molecule has 0 fully saturated rings. The number of halogens is 1. The third-order valence-electron chi connectivity index (χ3n) is 2.38. The lowest BCUT2D eigenvalue weighted by molar-refractivity contribution is 0.184. The Morgan fingerprint density at radius 1 is 1.25 bits per heavy atom. The first kappa shape index (κ1) is 15.1. The second-order valence-electron chi connectivity index (χ2n) is 3.89. The molecule has 0 unspecified atom stereocenters. The van der Waals surface area contributed by atoms with Crippen LogP contribution in [0.15, 0.2) is 12.1 Å². The smallest absolute Gasteiger partial charge is 0.126 e. The molecule has 0 amide bonds. The van der Waals surface area contributed by atoms with Gasteiger partial charge in [0.25, 0.3) is 0 Å². The van der Waals surface area contributed by atoms with Crippen molar-refractivity contribution in [1.82, 2.24) is 0 Å². The number of methoxy groups -OCH3 is 1. The molecule has 16 heavy (non-hydrogen) atoms. The molecule has 0 saturated heterocycles. The van der Waals surface area contributed by atoms with E-state index in [1.54, 1.807) is 13.2 Å². The molecule has 0 aliphatic carbocycles. The Morgan fingerprint density at radius 3 is 2.25 bits per heavy atom. The number of hydrogen-bond acceptors (Lipinski definition) is 1.